The van der Waals surface area contributed by atoms with Crippen molar-refractivity contribution < 1.29 is 22.7 Å². The molecular formula is C16H19ClF3N3O2. The van der Waals surface area contributed by atoms with E-state index < -0.39 is 11.7 Å². The number of pyridine rings is 1. The average Bonchev–Trinajstić information content (AvgIpc) is 2.88. The number of ether oxygens (including phenoxy) is 1. The van der Waals surface area contributed by atoms with Gasteiger partial charge in [0, 0.05) is 25.5 Å². The van der Waals surface area contributed by atoms with Crippen LogP contribution in [0.5, 0.6) is 0 Å². The Labute approximate surface area is 148 Å². The first kappa shape index (κ1) is 19.5. The number of aromatic nitrogens is 2. The number of carbonyl (C=O) groups is 1. The number of nitrogens with one attached hydrogen (secondary N) is 1. The molecule has 0 saturated heterocycles. The Balaban J connectivity index is 1.97. The van der Waals surface area contributed by atoms with Crippen LogP contribution in [-0.2, 0) is 22.1 Å². The van der Waals surface area contributed by atoms with Crippen LogP contribution in [0.2, 0.25) is 5.02 Å². The van der Waals surface area contributed by atoms with Crippen molar-refractivity contribution in [1.29, 1.82) is 0 Å². The molecular weight excluding hydrogens is 359 g/mol. The van der Waals surface area contributed by atoms with Crippen LogP contribution in [0.3, 0.4) is 0 Å². The lowest BCUT2D eigenvalue weighted by molar-refractivity contribution is -0.137. The van der Waals surface area contributed by atoms with Crippen molar-refractivity contribution in [3.63, 3.8) is 0 Å². The minimum atomic E-state index is -4.50. The number of amides is 1. The molecule has 1 N–H and O–H groups in total. The molecule has 1 amide bonds. The molecule has 0 atom stereocenters. The molecule has 0 bridgehead atoms. The van der Waals surface area contributed by atoms with Gasteiger partial charge in [-0.3, -0.25) is 4.79 Å². The molecule has 0 aliphatic rings. The van der Waals surface area contributed by atoms with Crippen LogP contribution in [0, 0.1) is 0 Å². The van der Waals surface area contributed by atoms with Gasteiger partial charge in [-0.05, 0) is 26.3 Å². The third-order valence-electron chi connectivity index (χ3n) is 3.32. The minimum absolute atomic E-state index is 0.0373. The van der Waals surface area contributed by atoms with Crippen LogP contribution in [0.15, 0.2) is 18.5 Å². The molecule has 0 fully saturated rings. The van der Waals surface area contributed by atoms with Crippen LogP contribution < -0.4 is 5.32 Å². The maximum atomic E-state index is 12.8. The van der Waals surface area contributed by atoms with Crippen molar-refractivity contribution in [3.8, 4) is 0 Å². The fraction of sp³-hybridized carbons (Fsp3) is 0.500. The van der Waals surface area contributed by atoms with Crippen molar-refractivity contribution >= 4 is 23.2 Å². The molecule has 0 aromatic carbocycles. The number of fused-ring (bicyclic) bond motifs is 1. The van der Waals surface area contributed by atoms with Gasteiger partial charge in [0.25, 0.3) is 0 Å². The third kappa shape index (κ3) is 5.61. The molecule has 0 saturated carbocycles. The van der Waals surface area contributed by atoms with Gasteiger partial charge < -0.3 is 14.5 Å². The molecule has 0 radical (unpaired) electrons. The highest BCUT2D eigenvalue weighted by Crippen LogP contribution is 2.32. The minimum Gasteiger partial charge on any atom is -0.379 e. The lowest BCUT2D eigenvalue weighted by Gasteiger charge is -2.07. The lowest BCUT2D eigenvalue weighted by atomic mass is 10.3. The molecule has 9 heteroatoms. The number of alkyl halides is 3. The zero-order valence-corrected chi connectivity index (χ0v) is 14.6. The number of halogens is 4. The predicted octanol–water partition coefficient (Wildman–Crippen LogP) is 3.48. The van der Waals surface area contributed by atoms with Crippen LogP contribution in [0.25, 0.3) is 5.65 Å². The van der Waals surface area contributed by atoms with Crippen LogP contribution in [0.4, 0.5) is 13.2 Å². The van der Waals surface area contributed by atoms with Crippen molar-refractivity contribution in [3.05, 3.63) is 34.7 Å². The van der Waals surface area contributed by atoms with Gasteiger partial charge in [0.2, 0.25) is 5.91 Å². The SMILES string of the molecule is CC(C)OCCCNC(=O)Cc1cn2cc(C(F)(F)F)cc(Cl)c2n1. The molecule has 138 valence electrons. The Morgan fingerprint density at radius 2 is 2.12 bits per heavy atom. The highest BCUT2D eigenvalue weighted by atomic mass is 35.5. The van der Waals surface area contributed by atoms with Crippen molar-refractivity contribution in [2.24, 2.45) is 0 Å². The topological polar surface area (TPSA) is 55.6 Å². The smallest absolute Gasteiger partial charge is 0.379 e. The maximum Gasteiger partial charge on any atom is 0.417 e. The van der Waals surface area contributed by atoms with E-state index in [1.54, 1.807) is 0 Å². The number of hydrogen-bond donors (Lipinski definition) is 1. The van der Waals surface area contributed by atoms with E-state index in [4.69, 9.17) is 16.3 Å². The second kappa shape index (κ2) is 8.05. The maximum absolute atomic E-state index is 12.8. The Kier molecular flexibility index (Phi) is 6.29. The van der Waals surface area contributed by atoms with E-state index in [1.807, 2.05) is 13.8 Å². The Hall–Kier alpha value is -1.80. The monoisotopic (exact) mass is 377 g/mol. The molecule has 2 aromatic heterocycles. The van der Waals surface area contributed by atoms with Gasteiger partial charge >= 0.3 is 6.18 Å². The van der Waals surface area contributed by atoms with Crippen LogP contribution >= 0.6 is 11.6 Å². The molecule has 2 aromatic rings. The average molecular weight is 378 g/mol. The fourth-order valence-corrected chi connectivity index (χ4v) is 2.45. The van der Waals surface area contributed by atoms with Gasteiger partial charge in [0.05, 0.1) is 28.8 Å². The van der Waals surface area contributed by atoms with E-state index in [9.17, 15) is 18.0 Å². The molecule has 0 unspecified atom stereocenters. The first-order valence-corrected chi connectivity index (χ1v) is 8.17. The molecule has 2 rings (SSSR count). The summed E-state index contributed by atoms with van der Waals surface area (Å²) in [6.07, 6.45) is -1.45. The summed E-state index contributed by atoms with van der Waals surface area (Å²) >= 11 is 5.86. The summed E-state index contributed by atoms with van der Waals surface area (Å²) in [5.41, 5.74) is -0.344. The molecule has 0 aliphatic carbocycles. The second-order valence-corrected chi connectivity index (χ2v) is 6.24. The largest absolute Gasteiger partial charge is 0.417 e. The molecule has 25 heavy (non-hydrogen) atoms. The van der Waals surface area contributed by atoms with E-state index in [-0.39, 0.29) is 29.1 Å². The van der Waals surface area contributed by atoms with Crippen molar-refractivity contribution in [2.75, 3.05) is 13.2 Å². The molecule has 0 spiro atoms. The van der Waals surface area contributed by atoms with Gasteiger partial charge in [-0.25, -0.2) is 4.98 Å². The number of rotatable bonds is 7. The van der Waals surface area contributed by atoms with Gasteiger partial charge in [-0.2, -0.15) is 13.2 Å². The standard InChI is InChI=1S/C16H19ClF3N3O2/c1-10(2)25-5-3-4-21-14(24)7-12-9-23-8-11(16(18,19)20)6-13(17)15(23)22-12/h6,8-10H,3-5,7H2,1-2H3,(H,21,24). The highest BCUT2D eigenvalue weighted by Gasteiger charge is 2.31. The fourth-order valence-electron chi connectivity index (χ4n) is 2.19. The second-order valence-electron chi connectivity index (χ2n) is 5.84. The third-order valence-corrected chi connectivity index (χ3v) is 3.60. The summed E-state index contributed by atoms with van der Waals surface area (Å²) in [6, 6.07) is 0.822. The number of nitrogens with zero attached hydrogens (tertiary/aromatic N) is 2. The summed E-state index contributed by atoms with van der Waals surface area (Å²) in [5, 5.41) is 2.60. The number of carbonyl (C=O) groups excluding carboxylic acids is 1. The Bertz CT molecular complexity index is 744. The van der Waals surface area contributed by atoms with Gasteiger partial charge in [-0.1, -0.05) is 11.6 Å². The molecule has 0 aliphatic heterocycles. The van der Waals surface area contributed by atoms with E-state index in [2.05, 4.69) is 10.3 Å². The first-order valence-electron chi connectivity index (χ1n) is 7.79. The van der Waals surface area contributed by atoms with Gasteiger partial charge in [0.15, 0.2) is 5.65 Å². The first-order chi connectivity index (χ1) is 11.7. The molecule has 2 heterocycles. The van der Waals surface area contributed by atoms with Crippen molar-refractivity contribution in [2.45, 2.75) is 39.0 Å². The van der Waals surface area contributed by atoms with Gasteiger partial charge in [0.1, 0.15) is 0 Å². The zero-order chi connectivity index (χ0) is 18.6. The van der Waals surface area contributed by atoms with Crippen LogP contribution in [0.1, 0.15) is 31.5 Å². The van der Waals surface area contributed by atoms with E-state index in [1.165, 1.54) is 10.6 Å². The Morgan fingerprint density at radius 3 is 2.76 bits per heavy atom. The van der Waals surface area contributed by atoms with Crippen LogP contribution in [-0.4, -0.2) is 34.5 Å². The lowest BCUT2D eigenvalue weighted by Crippen LogP contribution is -2.27. The summed E-state index contributed by atoms with van der Waals surface area (Å²) in [5.74, 6) is -0.264. The van der Waals surface area contributed by atoms with Crippen molar-refractivity contribution in [1.82, 2.24) is 14.7 Å². The Morgan fingerprint density at radius 1 is 1.40 bits per heavy atom. The number of imidazole rings is 1. The highest BCUT2D eigenvalue weighted by molar-refractivity contribution is 6.33. The predicted molar refractivity (Wildman–Crippen MR) is 87.6 cm³/mol. The summed E-state index contributed by atoms with van der Waals surface area (Å²) in [6.45, 7) is 4.86. The summed E-state index contributed by atoms with van der Waals surface area (Å²) in [4.78, 5) is 16.0. The zero-order valence-electron chi connectivity index (χ0n) is 13.9. The van der Waals surface area contributed by atoms with E-state index >= 15 is 0 Å². The summed E-state index contributed by atoms with van der Waals surface area (Å²) < 4.78 is 44.9. The quantitative estimate of drug-likeness (QED) is 0.751. The number of hydrogen-bond acceptors (Lipinski definition) is 3. The summed E-state index contributed by atoms with van der Waals surface area (Å²) in [7, 11) is 0. The van der Waals surface area contributed by atoms with E-state index in [0.29, 0.717) is 25.3 Å². The normalized spacial score (nSPS) is 12.1. The van der Waals surface area contributed by atoms with Gasteiger partial charge in [-0.15, -0.1) is 0 Å². The van der Waals surface area contributed by atoms with E-state index in [0.717, 1.165) is 12.3 Å². The molecule has 5 nitrogen and oxygen atoms in total.